The number of aryl methyl sites for hydroxylation is 1. The van der Waals surface area contributed by atoms with Gasteiger partial charge in [-0.05, 0) is 225 Å². The number of pyridine rings is 4. The zero-order valence-corrected chi connectivity index (χ0v) is 78.0. The van der Waals surface area contributed by atoms with E-state index in [4.69, 9.17) is 69.7 Å². The Hall–Kier alpha value is -8.54. The highest BCUT2D eigenvalue weighted by Crippen LogP contribution is 2.46. The molecule has 0 unspecified atom stereocenters. The Morgan fingerprint density at radius 3 is 1.03 bits per heavy atom. The van der Waals surface area contributed by atoms with Crippen molar-refractivity contribution in [1.82, 2.24) is 28.1 Å². The third-order valence-corrected chi connectivity index (χ3v) is 23.7. The standard InChI is InChI=1S/C32H43N3O8.C27H32BrN3O7.C22H20Br2N2O6.C5H13NO.C4H11NO/c1-41-16-8-5-11-21-19-22-27-26-23(30(38)34(13-9-17-42-2)31(39)25(21)26)20-24(33-12-6-4-7-15-36)28(27)32(40)35(29(22)37)14-10-18-43-3;1-37-12-6-9-30-25(34)17-15-19(29-8-4-3-5-11-32)23-21-16(14-18(28)22(20(17)21)26(30)35)24(33)31(27(23)36)10-7-13-38-2;1-31-7-3-5-25-19(27)11-9-14(24)18-16-12(10-13(23)17(15(11)16)21(25)29)20(28)26(22(18)30)6-4-8-32-2;6-4-2-1-3-5-7;1-6-4-2-3-5/h19-20,36-37H,4-18H2,1-3H3;14-15,32-33H,3-13H2,1-2H3;9-10H,3-8H2,1-2H3;7H,1-6H2;2-5H2,1H3. The molecule has 2 aromatic heterocycles. The molecule has 4 aromatic carbocycles. The van der Waals surface area contributed by atoms with E-state index in [1.165, 1.54) is 28.1 Å². The first-order valence-electron chi connectivity index (χ1n) is 42.6. The second kappa shape index (κ2) is 51.6. The van der Waals surface area contributed by atoms with Crippen molar-refractivity contribution in [2.75, 3.05) is 169 Å². The first-order valence-corrected chi connectivity index (χ1v) is 45.0. The molecule has 33 nitrogen and oxygen atoms in total. The fourth-order valence-electron chi connectivity index (χ4n) is 15.7. The van der Waals surface area contributed by atoms with Crippen molar-refractivity contribution < 1.29 is 82.6 Å². The van der Waals surface area contributed by atoms with Gasteiger partial charge in [0.05, 0.1) is 54.5 Å². The number of nitrogens with two attached hydrogens (primary N) is 2. The number of aliphatic hydroxyl groups is 3. The van der Waals surface area contributed by atoms with Crippen LogP contribution in [0.1, 0.15) is 163 Å². The van der Waals surface area contributed by atoms with Crippen LogP contribution in [0.4, 0.5) is 0 Å². The number of nitrogens with zero attached hydrogens (tertiary/aromatic N) is 8. The number of rotatable bonds is 46. The molecule has 9 N–H and O–H groups in total. The summed E-state index contributed by atoms with van der Waals surface area (Å²) in [5, 5.41) is 53.3. The van der Waals surface area contributed by atoms with E-state index in [-0.39, 0.29) is 108 Å². The van der Waals surface area contributed by atoms with Crippen molar-refractivity contribution in [2.24, 2.45) is 21.5 Å². The molecule has 126 heavy (non-hydrogen) atoms. The number of imide groups is 2. The first kappa shape index (κ1) is 103. The van der Waals surface area contributed by atoms with Gasteiger partial charge < -0.3 is 74.9 Å². The quantitative estimate of drug-likeness (QED) is 0.0107. The summed E-state index contributed by atoms with van der Waals surface area (Å²) < 4.78 is 46.9. The van der Waals surface area contributed by atoms with Gasteiger partial charge in [-0.25, -0.2) is 0 Å². The van der Waals surface area contributed by atoms with Gasteiger partial charge in [-0.3, -0.25) is 86.0 Å². The highest BCUT2D eigenvalue weighted by atomic mass is 79.9. The Morgan fingerprint density at radius 1 is 0.310 bits per heavy atom. The van der Waals surface area contributed by atoms with Crippen molar-refractivity contribution in [3.05, 3.63) is 150 Å². The van der Waals surface area contributed by atoms with E-state index in [9.17, 15) is 58.2 Å². The van der Waals surface area contributed by atoms with Crippen LogP contribution in [0.15, 0.2) is 88.6 Å². The summed E-state index contributed by atoms with van der Waals surface area (Å²) >= 11 is 10.4. The second-order valence-corrected chi connectivity index (χ2v) is 32.9. The van der Waals surface area contributed by atoms with Crippen LogP contribution in [0.3, 0.4) is 0 Å². The highest BCUT2D eigenvalue weighted by Gasteiger charge is 2.43. The lowest BCUT2D eigenvalue weighted by atomic mass is 9.85. The van der Waals surface area contributed by atoms with E-state index in [2.05, 4.69) is 52.8 Å². The molecule has 4 aliphatic heterocycles. The van der Waals surface area contributed by atoms with Gasteiger partial charge in [-0.2, -0.15) is 0 Å². The monoisotopic (exact) mass is 1940 g/mol. The summed E-state index contributed by atoms with van der Waals surface area (Å²) in [7, 11) is 12.7. The number of unbranched alkanes of at least 4 members (excludes halogenated alkanes) is 7. The molecule has 0 atom stereocenters. The van der Waals surface area contributed by atoms with Crippen LogP contribution in [0.2, 0.25) is 0 Å². The molecule has 0 saturated carbocycles. The van der Waals surface area contributed by atoms with Crippen molar-refractivity contribution in [3.8, 4) is 34.0 Å². The van der Waals surface area contributed by atoms with Crippen LogP contribution in [-0.2, 0) is 70.5 Å². The molecule has 36 heteroatoms. The van der Waals surface area contributed by atoms with Gasteiger partial charge in [0.25, 0.3) is 57.0 Å². The van der Waals surface area contributed by atoms with Crippen LogP contribution in [-0.4, -0.2) is 246 Å². The van der Waals surface area contributed by atoms with Crippen molar-refractivity contribution in [1.29, 1.82) is 0 Å². The fourth-order valence-corrected chi connectivity index (χ4v) is 17.5. The van der Waals surface area contributed by atoms with E-state index in [0.29, 0.717) is 221 Å². The maximum atomic E-state index is 14.0. The number of hydrogen-bond acceptors (Lipinski definition) is 27. The number of amides is 4. The molecular formula is C90H119Br3N10O23. The number of aromatic nitrogens is 4. The van der Waals surface area contributed by atoms with Crippen LogP contribution in [0.5, 0.6) is 11.8 Å². The Balaban J connectivity index is 0.000000219. The number of benzene rings is 6. The highest BCUT2D eigenvalue weighted by molar-refractivity contribution is 9.11. The Kier molecular flexibility index (Phi) is 42.1. The normalized spacial score (nSPS) is 12.9. The lowest BCUT2D eigenvalue weighted by molar-refractivity contribution is 0.0572. The van der Waals surface area contributed by atoms with E-state index >= 15 is 0 Å². The first-order chi connectivity index (χ1) is 60.9. The van der Waals surface area contributed by atoms with E-state index in [0.717, 1.165) is 71.1 Å². The van der Waals surface area contributed by atoms with Crippen LogP contribution < -0.4 is 55.5 Å². The number of aliphatic hydroxyl groups excluding tert-OH is 3. The summed E-state index contributed by atoms with van der Waals surface area (Å²) in [5.41, 5.74) is 10.8. The Labute approximate surface area is 754 Å². The van der Waals surface area contributed by atoms with E-state index in [1.54, 1.807) is 93.3 Å². The van der Waals surface area contributed by atoms with Crippen molar-refractivity contribution in [3.63, 3.8) is 0 Å². The second-order valence-electron chi connectivity index (χ2n) is 30.4. The number of hydrogen-bond donors (Lipinski definition) is 7. The zero-order chi connectivity index (χ0) is 91.8. The van der Waals surface area contributed by atoms with Gasteiger partial charge in [0.2, 0.25) is 11.8 Å². The third-order valence-electron chi connectivity index (χ3n) is 21.8. The minimum atomic E-state index is -0.472. The van der Waals surface area contributed by atoms with Crippen LogP contribution in [0.25, 0.3) is 76.1 Å². The molecule has 6 aliphatic rings. The molecule has 0 radical (unpaired) electrons. The van der Waals surface area contributed by atoms with E-state index < -0.39 is 57.0 Å². The molecule has 0 fully saturated rings. The maximum Gasteiger partial charge on any atom is 0.263 e. The molecule has 6 aromatic rings. The van der Waals surface area contributed by atoms with E-state index in [1.807, 2.05) is 0 Å². The smallest absolute Gasteiger partial charge is 0.263 e. The topological polar surface area (TPSA) is 449 Å². The fraction of sp³-hybridized carbons (Fsp3) is 0.533. The van der Waals surface area contributed by atoms with Gasteiger partial charge in [0, 0.05) is 250 Å². The number of halogens is 3. The summed E-state index contributed by atoms with van der Waals surface area (Å²) in [6.45, 7) is 7.77. The lowest BCUT2D eigenvalue weighted by Gasteiger charge is -2.33. The minimum Gasteiger partial charge on any atom is -0.494 e. The summed E-state index contributed by atoms with van der Waals surface area (Å²) in [5.74, 6) is -2.29. The SMILES string of the molecule is COCCCCc1cc2c(O)n(CCCOC)c(=O)c3c(=NCCCCCO)cc4c(=O)n(CCCOC)c(=O)c1c-4c23.COCCCN.COCCCN1C(=O)c2cc(Br)c3c4c(cc(Br)c(c24)C1=O)C(=O)N(CCCOC)C3=O.COCCCn1c(O)c2cc(Br)c3c4c2c(c(=NCCCCCO)cc-4c(=O)n(CCCOC)c3=O)c1=O.NCCCCCO. The number of methoxy groups -OCH3 is 8. The van der Waals surface area contributed by atoms with Gasteiger partial charge in [0.15, 0.2) is 0 Å². The molecule has 688 valence electrons. The van der Waals surface area contributed by atoms with Gasteiger partial charge in [-0.15, -0.1) is 0 Å². The zero-order valence-electron chi connectivity index (χ0n) is 73.2. The third kappa shape index (κ3) is 23.7. The van der Waals surface area contributed by atoms with Gasteiger partial charge in [-0.1, -0.05) is 0 Å². The molecule has 0 saturated heterocycles. The molecule has 0 spiro atoms. The average Bonchev–Trinajstić information content (AvgIpc) is 0.711. The molecular weight excluding hydrogens is 1830 g/mol. The molecule has 12 rings (SSSR count). The van der Waals surface area contributed by atoms with Crippen molar-refractivity contribution >= 4 is 125 Å². The largest absolute Gasteiger partial charge is 0.494 e. The number of carbonyl (C=O) groups excluding carboxylic acids is 4. The Morgan fingerprint density at radius 2 is 0.651 bits per heavy atom. The summed E-state index contributed by atoms with van der Waals surface area (Å²) in [6, 6.07) is 9.79. The predicted octanol–water partition coefficient (Wildman–Crippen LogP) is 8.45. The molecule has 0 bridgehead atoms. The summed E-state index contributed by atoms with van der Waals surface area (Å²) in [4.78, 5) is 148. The van der Waals surface area contributed by atoms with Crippen LogP contribution in [0, 0.1) is 0 Å². The minimum absolute atomic E-state index is 0.0940. The average molecular weight is 1950 g/mol. The van der Waals surface area contributed by atoms with Gasteiger partial charge in [0.1, 0.15) is 0 Å². The van der Waals surface area contributed by atoms with Gasteiger partial charge >= 0.3 is 0 Å². The Bertz CT molecular complexity index is 5690. The number of aromatic hydroxyl groups is 2. The lowest BCUT2D eigenvalue weighted by Crippen LogP contribution is -2.44. The number of carbonyl (C=O) groups is 4. The molecule has 4 amide bonds. The number of ether oxygens (including phenoxy) is 8. The van der Waals surface area contributed by atoms with Crippen LogP contribution >= 0.6 is 47.8 Å². The summed E-state index contributed by atoms with van der Waals surface area (Å²) in [6.07, 6.45) is 13.2. The molecule has 2 aliphatic carbocycles. The molecule has 6 heterocycles. The van der Waals surface area contributed by atoms with Crippen molar-refractivity contribution in [2.45, 2.75) is 148 Å². The maximum absolute atomic E-state index is 14.0. The predicted molar refractivity (Wildman–Crippen MR) is 494 cm³/mol.